The predicted octanol–water partition coefficient (Wildman–Crippen LogP) is 1.54. The van der Waals surface area contributed by atoms with Gasteiger partial charge in [-0.15, -0.1) is 0 Å². The van der Waals surface area contributed by atoms with Gasteiger partial charge >= 0.3 is 0 Å². The molecule has 1 aliphatic carbocycles. The van der Waals surface area contributed by atoms with E-state index in [0.717, 1.165) is 5.92 Å². The molecule has 1 saturated carbocycles. The molecular weight excluding hydrogens is 110 g/mol. The third kappa shape index (κ3) is 0.644. The lowest BCUT2D eigenvalue weighted by Crippen LogP contribution is -2.53. The number of nitrogens with one attached hydrogen (secondary N) is 1. The van der Waals surface area contributed by atoms with Crippen molar-refractivity contribution in [1.82, 2.24) is 5.32 Å². The zero-order chi connectivity index (χ0) is 6.32. The molecule has 2 fully saturated rings. The number of rotatable bonds is 0. The summed E-state index contributed by atoms with van der Waals surface area (Å²) in [6.07, 6.45) is 5.74. The van der Waals surface area contributed by atoms with Crippen LogP contribution in [0, 0.1) is 5.92 Å². The van der Waals surface area contributed by atoms with E-state index in [2.05, 4.69) is 12.2 Å². The largest absolute Gasteiger partial charge is 0.311 e. The van der Waals surface area contributed by atoms with Gasteiger partial charge in [0.1, 0.15) is 0 Å². The van der Waals surface area contributed by atoms with Crippen LogP contribution in [0.2, 0.25) is 0 Å². The Morgan fingerprint density at radius 1 is 1.44 bits per heavy atom. The van der Waals surface area contributed by atoms with Gasteiger partial charge in [0.25, 0.3) is 0 Å². The van der Waals surface area contributed by atoms with E-state index in [0.29, 0.717) is 5.54 Å². The molecule has 0 bridgehead atoms. The normalized spacial score (nSPS) is 49.7. The standard InChI is InChI=1S/C8H15N/c1-7-3-5-8(7)4-2-6-9-8/h7,9H,2-6H2,1H3/t7?,8-/m1/s1. The molecule has 1 heterocycles. The Morgan fingerprint density at radius 2 is 2.33 bits per heavy atom. The minimum atomic E-state index is 0.625. The Labute approximate surface area is 56.8 Å². The van der Waals surface area contributed by atoms with Crippen molar-refractivity contribution >= 4 is 0 Å². The Bertz CT molecular complexity index is 114. The van der Waals surface area contributed by atoms with Gasteiger partial charge in [0.05, 0.1) is 0 Å². The van der Waals surface area contributed by atoms with Gasteiger partial charge in [0.2, 0.25) is 0 Å². The molecule has 1 aliphatic heterocycles. The first-order valence-electron chi connectivity index (χ1n) is 4.08. The van der Waals surface area contributed by atoms with Gasteiger partial charge in [-0.25, -0.2) is 0 Å². The number of hydrogen-bond donors (Lipinski definition) is 1. The summed E-state index contributed by atoms with van der Waals surface area (Å²) in [6.45, 7) is 3.64. The molecule has 0 aromatic carbocycles. The van der Waals surface area contributed by atoms with Crippen molar-refractivity contribution in [3.8, 4) is 0 Å². The van der Waals surface area contributed by atoms with Crippen molar-refractivity contribution in [3.63, 3.8) is 0 Å². The van der Waals surface area contributed by atoms with E-state index in [1.807, 2.05) is 0 Å². The van der Waals surface area contributed by atoms with Crippen LogP contribution in [0.1, 0.15) is 32.6 Å². The maximum atomic E-state index is 3.62. The second-order valence-corrected chi connectivity index (χ2v) is 3.63. The predicted molar refractivity (Wildman–Crippen MR) is 38.4 cm³/mol. The molecule has 52 valence electrons. The third-order valence-electron chi connectivity index (χ3n) is 3.24. The first-order chi connectivity index (χ1) is 4.33. The van der Waals surface area contributed by atoms with E-state index >= 15 is 0 Å². The van der Waals surface area contributed by atoms with E-state index in [1.54, 1.807) is 0 Å². The van der Waals surface area contributed by atoms with E-state index in [9.17, 15) is 0 Å². The zero-order valence-corrected chi connectivity index (χ0v) is 6.11. The van der Waals surface area contributed by atoms with Crippen molar-refractivity contribution in [1.29, 1.82) is 0 Å². The lowest BCUT2D eigenvalue weighted by Gasteiger charge is -2.45. The Kier molecular flexibility index (Phi) is 1.10. The summed E-state index contributed by atoms with van der Waals surface area (Å²) in [5.41, 5.74) is 0.625. The van der Waals surface area contributed by atoms with Crippen LogP contribution in [0.5, 0.6) is 0 Å². The quantitative estimate of drug-likeness (QED) is 0.518. The van der Waals surface area contributed by atoms with E-state index < -0.39 is 0 Å². The van der Waals surface area contributed by atoms with Crippen molar-refractivity contribution in [2.24, 2.45) is 5.92 Å². The van der Waals surface area contributed by atoms with Gasteiger partial charge in [-0.05, 0) is 38.1 Å². The maximum absolute atomic E-state index is 3.62. The van der Waals surface area contributed by atoms with Gasteiger partial charge in [0.15, 0.2) is 0 Å². The van der Waals surface area contributed by atoms with E-state index in [1.165, 1.54) is 32.2 Å². The highest BCUT2D eigenvalue weighted by atomic mass is 15.0. The van der Waals surface area contributed by atoms with E-state index in [4.69, 9.17) is 0 Å². The average Bonchev–Trinajstić information content (AvgIpc) is 2.34. The van der Waals surface area contributed by atoms with Crippen molar-refractivity contribution < 1.29 is 0 Å². The summed E-state index contributed by atoms with van der Waals surface area (Å²) in [5, 5.41) is 3.62. The molecule has 1 N–H and O–H groups in total. The molecule has 0 amide bonds. The van der Waals surface area contributed by atoms with Crippen LogP contribution in [0.25, 0.3) is 0 Å². The molecule has 1 spiro atoms. The SMILES string of the molecule is CC1CC[C@]12CCCN2. The summed E-state index contributed by atoms with van der Waals surface area (Å²) in [6, 6.07) is 0. The van der Waals surface area contributed by atoms with Crippen molar-refractivity contribution in [2.45, 2.75) is 38.1 Å². The molecule has 1 unspecified atom stereocenters. The van der Waals surface area contributed by atoms with Gasteiger partial charge in [-0.2, -0.15) is 0 Å². The fraction of sp³-hybridized carbons (Fsp3) is 1.00. The van der Waals surface area contributed by atoms with Gasteiger partial charge in [-0.1, -0.05) is 6.92 Å². The van der Waals surface area contributed by atoms with Gasteiger partial charge in [-0.3, -0.25) is 0 Å². The summed E-state index contributed by atoms with van der Waals surface area (Å²) in [4.78, 5) is 0. The summed E-state index contributed by atoms with van der Waals surface area (Å²) >= 11 is 0. The average molecular weight is 125 g/mol. The van der Waals surface area contributed by atoms with Crippen LogP contribution in [-0.4, -0.2) is 12.1 Å². The highest BCUT2D eigenvalue weighted by Crippen LogP contribution is 2.43. The van der Waals surface area contributed by atoms with Crippen LogP contribution < -0.4 is 5.32 Å². The molecule has 0 radical (unpaired) electrons. The van der Waals surface area contributed by atoms with Gasteiger partial charge < -0.3 is 5.32 Å². The topological polar surface area (TPSA) is 12.0 Å². The molecule has 2 aliphatic rings. The number of hydrogen-bond acceptors (Lipinski definition) is 1. The molecule has 0 aromatic rings. The van der Waals surface area contributed by atoms with Crippen LogP contribution in [0.3, 0.4) is 0 Å². The van der Waals surface area contributed by atoms with Crippen LogP contribution in [0.4, 0.5) is 0 Å². The second kappa shape index (κ2) is 1.72. The van der Waals surface area contributed by atoms with Crippen molar-refractivity contribution in [3.05, 3.63) is 0 Å². The summed E-state index contributed by atoms with van der Waals surface area (Å²) in [5.74, 6) is 0.958. The zero-order valence-electron chi connectivity index (χ0n) is 6.11. The molecule has 1 nitrogen and oxygen atoms in total. The Hall–Kier alpha value is -0.0400. The minimum Gasteiger partial charge on any atom is -0.311 e. The molecule has 9 heavy (non-hydrogen) atoms. The molecule has 0 aromatic heterocycles. The lowest BCUT2D eigenvalue weighted by atomic mass is 9.67. The fourth-order valence-electron chi connectivity index (χ4n) is 2.25. The molecule has 1 heteroatoms. The van der Waals surface area contributed by atoms with Crippen LogP contribution in [-0.2, 0) is 0 Å². The Morgan fingerprint density at radius 3 is 2.56 bits per heavy atom. The summed E-state index contributed by atoms with van der Waals surface area (Å²) < 4.78 is 0. The third-order valence-corrected chi connectivity index (χ3v) is 3.24. The molecule has 2 rings (SSSR count). The second-order valence-electron chi connectivity index (χ2n) is 3.63. The van der Waals surface area contributed by atoms with Gasteiger partial charge in [0, 0.05) is 5.54 Å². The maximum Gasteiger partial charge on any atom is 0.0207 e. The van der Waals surface area contributed by atoms with Crippen LogP contribution in [0.15, 0.2) is 0 Å². The fourth-order valence-corrected chi connectivity index (χ4v) is 2.25. The smallest absolute Gasteiger partial charge is 0.0207 e. The Balaban J connectivity index is 2.06. The lowest BCUT2D eigenvalue weighted by molar-refractivity contribution is 0.120. The molecule has 2 atom stereocenters. The minimum absolute atomic E-state index is 0.625. The highest BCUT2D eigenvalue weighted by molar-refractivity contribution is 5.03. The first-order valence-corrected chi connectivity index (χ1v) is 4.08. The van der Waals surface area contributed by atoms with Crippen molar-refractivity contribution in [2.75, 3.05) is 6.54 Å². The highest BCUT2D eigenvalue weighted by Gasteiger charge is 2.45. The van der Waals surface area contributed by atoms with Crippen LogP contribution >= 0.6 is 0 Å². The van der Waals surface area contributed by atoms with E-state index in [-0.39, 0.29) is 0 Å². The molecule has 1 saturated heterocycles. The summed E-state index contributed by atoms with van der Waals surface area (Å²) in [7, 11) is 0. The first kappa shape index (κ1) is 5.72. The molecular formula is C8H15N. The monoisotopic (exact) mass is 125 g/mol.